The Morgan fingerprint density at radius 2 is 2.29 bits per heavy atom. The molecule has 0 fully saturated rings. The molecule has 0 aliphatic rings. The van der Waals surface area contributed by atoms with Crippen molar-refractivity contribution in [2.75, 3.05) is 23.9 Å². The Bertz CT molecular complexity index is 346. The number of nitrogens with zero attached hydrogens (tertiary/aromatic N) is 1. The summed E-state index contributed by atoms with van der Waals surface area (Å²) in [5, 5.41) is 3.95. The van der Waals surface area contributed by atoms with E-state index in [9.17, 15) is 4.21 Å². The molecule has 0 amide bonds. The van der Waals surface area contributed by atoms with Crippen molar-refractivity contribution in [2.24, 2.45) is 0 Å². The van der Waals surface area contributed by atoms with E-state index in [0.29, 0.717) is 28.2 Å². The van der Waals surface area contributed by atoms with Crippen molar-refractivity contribution >= 4 is 39.8 Å². The van der Waals surface area contributed by atoms with Gasteiger partial charge < -0.3 is 5.32 Å². The summed E-state index contributed by atoms with van der Waals surface area (Å²) in [7, 11) is -0.810. The second-order valence-corrected chi connectivity index (χ2v) is 5.09. The van der Waals surface area contributed by atoms with Crippen molar-refractivity contribution in [3.8, 4) is 0 Å². The molecule has 0 aliphatic carbocycles. The average Bonchev–Trinajstić information content (AvgIpc) is 2.08. The number of hydrogen-bond donors (Lipinski definition) is 1. The topological polar surface area (TPSA) is 42.0 Å². The van der Waals surface area contributed by atoms with Crippen LogP contribution in [0.4, 0.5) is 5.82 Å². The van der Waals surface area contributed by atoms with Gasteiger partial charge in [0.1, 0.15) is 5.82 Å². The van der Waals surface area contributed by atoms with Crippen molar-refractivity contribution in [1.82, 2.24) is 4.98 Å². The molecule has 1 aromatic heterocycles. The fourth-order valence-electron chi connectivity index (χ4n) is 0.858. The van der Waals surface area contributed by atoms with Gasteiger partial charge in [0.25, 0.3) is 0 Å². The summed E-state index contributed by atoms with van der Waals surface area (Å²) in [5.74, 6) is 1.14. The molecule has 0 aromatic carbocycles. The van der Waals surface area contributed by atoms with E-state index >= 15 is 0 Å². The van der Waals surface area contributed by atoms with E-state index in [2.05, 4.69) is 10.3 Å². The highest BCUT2D eigenvalue weighted by Crippen LogP contribution is 2.21. The lowest BCUT2D eigenvalue weighted by molar-refractivity contribution is 0.687. The Labute approximate surface area is 95.3 Å². The fraction of sp³-hybridized carbons (Fsp3) is 0.375. The average molecular weight is 253 g/mol. The number of pyridine rings is 1. The number of hydrogen-bond acceptors (Lipinski definition) is 3. The zero-order chi connectivity index (χ0) is 10.6. The van der Waals surface area contributed by atoms with Crippen LogP contribution in [0.1, 0.15) is 0 Å². The first-order chi connectivity index (χ1) is 6.59. The van der Waals surface area contributed by atoms with Crippen molar-refractivity contribution < 1.29 is 4.21 Å². The van der Waals surface area contributed by atoms with Crippen LogP contribution in [-0.2, 0) is 10.8 Å². The molecule has 1 heterocycles. The summed E-state index contributed by atoms with van der Waals surface area (Å²) in [5.41, 5.74) is 0. The van der Waals surface area contributed by atoms with Gasteiger partial charge in [-0.2, -0.15) is 0 Å². The van der Waals surface area contributed by atoms with Crippen molar-refractivity contribution in [2.45, 2.75) is 0 Å². The van der Waals surface area contributed by atoms with E-state index in [4.69, 9.17) is 23.2 Å². The first-order valence-corrected chi connectivity index (χ1v) is 6.43. The van der Waals surface area contributed by atoms with Gasteiger partial charge in [-0.1, -0.05) is 23.2 Å². The molecule has 1 N–H and O–H groups in total. The SMILES string of the molecule is CS(=O)CCNc1ncc(Cl)cc1Cl. The normalized spacial score (nSPS) is 12.5. The summed E-state index contributed by atoms with van der Waals surface area (Å²) >= 11 is 11.5. The van der Waals surface area contributed by atoms with Crippen molar-refractivity contribution in [3.05, 3.63) is 22.3 Å². The van der Waals surface area contributed by atoms with Crippen LogP contribution in [0.15, 0.2) is 12.3 Å². The highest BCUT2D eigenvalue weighted by molar-refractivity contribution is 7.84. The van der Waals surface area contributed by atoms with Gasteiger partial charge in [0, 0.05) is 35.5 Å². The maximum atomic E-state index is 10.8. The lowest BCUT2D eigenvalue weighted by Crippen LogP contribution is -2.10. The van der Waals surface area contributed by atoms with Gasteiger partial charge in [0.05, 0.1) is 10.0 Å². The fourth-order valence-corrected chi connectivity index (χ4v) is 1.69. The van der Waals surface area contributed by atoms with E-state index in [1.807, 2.05) is 0 Å². The molecule has 1 aromatic rings. The smallest absolute Gasteiger partial charge is 0.144 e. The van der Waals surface area contributed by atoms with Crippen LogP contribution >= 0.6 is 23.2 Å². The summed E-state index contributed by atoms with van der Waals surface area (Å²) in [6.07, 6.45) is 3.16. The Morgan fingerprint density at radius 1 is 1.57 bits per heavy atom. The Morgan fingerprint density at radius 3 is 2.86 bits per heavy atom. The predicted octanol–water partition coefficient (Wildman–Crippen LogP) is 2.18. The maximum Gasteiger partial charge on any atom is 0.144 e. The van der Waals surface area contributed by atoms with Gasteiger partial charge in [-0.3, -0.25) is 4.21 Å². The quantitative estimate of drug-likeness (QED) is 0.894. The molecule has 0 spiro atoms. The van der Waals surface area contributed by atoms with Crippen molar-refractivity contribution in [3.63, 3.8) is 0 Å². The van der Waals surface area contributed by atoms with E-state index in [1.54, 1.807) is 12.3 Å². The van der Waals surface area contributed by atoms with Gasteiger partial charge in [-0.05, 0) is 6.07 Å². The molecule has 6 heteroatoms. The molecule has 14 heavy (non-hydrogen) atoms. The van der Waals surface area contributed by atoms with Crippen LogP contribution in [0, 0.1) is 0 Å². The minimum absolute atomic E-state index is 0.472. The summed E-state index contributed by atoms with van der Waals surface area (Å²) in [4.78, 5) is 4.00. The second kappa shape index (κ2) is 5.53. The Kier molecular flexibility index (Phi) is 4.65. The van der Waals surface area contributed by atoms with Gasteiger partial charge in [0.15, 0.2) is 0 Å². The predicted molar refractivity (Wildman–Crippen MR) is 61.7 cm³/mol. The molecule has 0 radical (unpaired) electrons. The third-order valence-corrected chi connectivity index (χ3v) is 2.76. The molecule has 1 atom stereocenters. The molecular weight excluding hydrogens is 243 g/mol. The first-order valence-electron chi connectivity index (χ1n) is 3.94. The third kappa shape index (κ3) is 3.82. The highest BCUT2D eigenvalue weighted by Gasteiger charge is 2.01. The van der Waals surface area contributed by atoms with Crippen LogP contribution < -0.4 is 5.32 Å². The minimum Gasteiger partial charge on any atom is -0.368 e. The minimum atomic E-state index is -0.810. The second-order valence-electron chi connectivity index (χ2n) is 2.69. The molecule has 1 rings (SSSR count). The van der Waals surface area contributed by atoms with Gasteiger partial charge >= 0.3 is 0 Å². The van der Waals surface area contributed by atoms with Gasteiger partial charge in [0.2, 0.25) is 0 Å². The molecule has 3 nitrogen and oxygen atoms in total. The van der Waals surface area contributed by atoms with Crippen LogP contribution in [0.3, 0.4) is 0 Å². The highest BCUT2D eigenvalue weighted by atomic mass is 35.5. The van der Waals surface area contributed by atoms with E-state index < -0.39 is 10.8 Å². The maximum absolute atomic E-state index is 10.8. The molecule has 0 saturated carbocycles. The zero-order valence-corrected chi connectivity index (χ0v) is 9.92. The monoisotopic (exact) mass is 252 g/mol. The number of nitrogens with one attached hydrogen (secondary N) is 1. The molecule has 1 unspecified atom stereocenters. The number of anilines is 1. The molecule has 78 valence electrons. The van der Waals surface area contributed by atoms with Crippen LogP contribution in [-0.4, -0.2) is 27.7 Å². The summed E-state index contributed by atoms with van der Waals surface area (Å²) < 4.78 is 10.8. The largest absolute Gasteiger partial charge is 0.368 e. The molecule has 0 bridgehead atoms. The molecule has 0 saturated heterocycles. The summed E-state index contributed by atoms with van der Waals surface area (Å²) in [6, 6.07) is 1.61. The lowest BCUT2D eigenvalue weighted by atomic mass is 10.4. The number of aromatic nitrogens is 1. The van der Waals surface area contributed by atoms with Crippen LogP contribution in [0.5, 0.6) is 0 Å². The van der Waals surface area contributed by atoms with Crippen molar-refractivity contribution in [1.29, 1.82) is 0 Å². The Hall–Kier alpha value is -0.320. The Balaban J connectivity index is 2.55. The van der Waals surface area contributed by atoms with E-state index in [0.717, 1.165) is 0 Å². The van der Waals surface area contributed by atoms with Crippen LogP contribution in [0.25, 0.3) is 0 Å². The molecular formula is C8H10Cl2N2OS. The third-order valence-electron chi connectivity index (χ3n) is 1.49. The standard InChI is InChI=1S/C8H10Cl2N2OS/c1-14(13)3-2-11-8-7(10)4-6(9)5-12-8/h4-5H,2-3H2,1H3,(H,11,12). The van der Waals surface area contributed by atoms with Gasteiger partial charge in [-0.15, -0.1) is 0 Å². The van der Waals surface area contributed by atoms with Crippen LogP contribution in [0.2, 0.25) is 10.0 Å². The van der Waals surface area contributed by atoms with Gasteiger partial charge in [-0.25, -0.2) is 4.98 Å². The summed E-state index contributed by atoms with van der Waals surface area (Å²) in [6.45, 7) is 0.581. The number of rotatable bonds is 4. The zero-order valence-electron chi connectivity index (χ0n) is 7.59. The molecule has 0 aliphatic heterocycles. The van der Waals surface area contributed by atoms with E-state index in [1.165, 1.54) is 6.20 Å². The van der Waals surface area contributed by atoms with E-state index in [-0.39, 0.29) is 0 Å². The number of halogens is 2. The first kappa shape index (κ1) is 11.8. The lowest BCUT2D eigenvalue weighted by Gasteiger charge is -2.05.